The van der Waals surface area contributed by atoms with Crippen molar-refractivity contribution in [1.29, 1.82) is 0 Å². The molecule has 0 spiro atoms. The molecular weight excluding hydrogens is 434 g/mol. The highest BCUT2D eigenvalue weighted by molar-refractivity contribution is 7.15. The number of aromatic nitrogens is 3. The lowest BCUT2D eigenvalue weighted by molar-refractivity contribution is 0.101. The minimum absolute atomic E-state index is 0.150. The van der Waals surface area contributed by atoms with Gasteiger partial charge in [0.05, 0.1) is 11.4 Å². The van der Waals surface area contributed by atoms with Crippen molar-refractivity contribution in [2.24, 2.45) is 0 Å². The van der Waals surface area contributed by atoms with Crippen molar-refractivity contribution in [3.8, 4) is 5.69 Å². The van der Waals surface area contributed by atoms with Gasteiger partial charge in [0.25, 0.3) is 5.91 Å². The first-order valence-corrected chi connectivity index (χ1v) is 11.6. The van der Waals surface area contributed by atoms with Crippen molar-refractivity contribution in [3.63, 3.8) is 0 Å². The number of amides is 1. The number of hydrogen-bond acceptors (Lipinski definition) is 6. The van der Waals surface area contributed by atoms with Gasteiger partial charge in [-0.1, -0.05) is 48.5 Å². The van der Waals surface area contributed by atoms with Gasteiger partial charge in [-0.25, -0.2) is 9.67 Å². The van der Waals surface area contributed by atoms with Gasteiger partial charge in [0.1, 0.15) is 0 Å². The summed E-state index contributed by atoms with van der Waals surface area (Å²) in [5.41, 5.74) is 3.17. The second kappa shape index (κ2) is 9.09. The quantitative estimate of drug-likeness (QED) is 0.493. The lowest BCUT2D eigenvalue weighted by atomic mass is 10.1. The number of nitrogens with one attached hydrogen (secondary N) is 1. The minimum Gasteiger partial charge on any atom is -0.296 e. The number of para-hydroxylation sites is 1. The van der Waals surface area contributed by atoms with E-state index in [1.54, 1.807) is 11.6 Å². The summed E-state index contributed by atoms with van der Waals surface area (Å²) in [6.45, 7) is 4.38. The van der Waals surface area contributed by atoms with Crippen LogP contribution in [0.4, 0.5) is 5.13 Å². The van der Waals surface area contributed by atoms with Crippen LogP contribution in [0.3, 0.4) is 0 Å². The molecule has 2 aromatic heterocycles. The van der Waals surface area contributed by atoms with Crippen molar-refractivity contribution in [1.82, 2.24) is 19.7 Å². The third-order valence-electron chi connectivity index (χ3n) is 5.60. The van der Waals surface area contributed by atoms with Crippen LogP contribution in [0.2, 0.25) is 0 Å². The Hall–Kier alpha value is -3.62. The van der Waals surface area contributed by atoms with Gasteiger partial charge in [-0.3, -0.25) is 19.8 Å². The monoisotopic (exact) mass is 457 g/mol. The molecule has 0 radical (unpaired) electrons. The number of thiazole rings is 1. The van der Waals surface area contributed by atoms with Gasteiger partial charge in [0.2, 0.25) is 5.43 Å². The van der Waals surface area contributed by atoms with E-state index >= 15 is 0 Å². The van der Waals surface area contributed by atoms with E-state index in [0.717, 1.165) is 42.3 Å². The van der Waals surface area contributed by atoms with E-state index in [9.17, 15) is 9.59 Å². The van der Waals surface area contributed by atoms with E-state index in [0.29, 0.717) is 10.8 Å². The fourth-order valence-corrected chi connectivity index (χ4v) is 5.02. The van der Waals surface area contributed by atoms with Crippen LogP contribution >= 0.6 is 11.3 Å². The van der Waals surface area contributed by atoms with Crippen molar-refractivity contribution in [2.45, 2.75) is 26.4 Å². The molecule has 0 aliphatic carbocycles. The molecular formula is C25H23N5O2S. The standard InChI is InChI=1S/C25H23N5O2S/c1-17-14-21(31)23(28-30(17)19-10-6-3-7-11-19)24(32)27-25-26-20-12-13-29(16-22(20)33-25)15-18-8-4-2-5-9-18/h2-11,14H,12-13,15-16H2,1H3,(H,26,27,32). The van der Waals surface area contributed by atoms with Crippen LogP contribution in [-0.2, 0) is 19.5 Å². The van der Waals surface area contributed by atoms with Gasteiger partial charge in [-0.15, -0.1) is 11.3 Å². The maximum Gasteiger partial charge on any atom is 0.281 e. The first-order chi connectivity index (χ1) is 16.1. The van der Waals surface area contributed by atoms with Crippen LogP contribution < -0.4 is 10.7 Å². The highest BCUT2D eigenvalue weighted by Gasteiger charge is 2.23. The molecule has 0 saturated carbocycles. The largest absolute Gasteiger partial charge is 0.296 e. The topological polar surface area (TPSA) is 80.1 Å². The number of benzene rings is 2. The minimum atomic E-state index is -0.545. The Balaban J connectivity index is 1.33. The Morgan fingerprint density at radius 2 is 1.82 bits per heavy atom. The number of nitrogens with zero attached hydrogens (tertiary/aromatic N) is 4. The molecule has 1 amide bonds. The van der Waals surface area contributed by atoms with E-state index in [-0.39, 0.29) is 5.69 Å². The van der Waals surface area contributed by atoms with Gasteiger partial charge in [0, 0.05) is 42.7 Å². The average molecular weight is 458 g/mol. The molecule has 1 aliphatic rings. The van der Waals surface area contributed by atoms with Crippen molar-refractivity contribution in [2.75, 3.05) is 11.9 Å². The molecule has 4 aromatic rings. The van der Waals surface area contributed by atoms with E-state index in [2.05, 4.69) is 44.6 Å². The van der Waals surface area contributed by atoms with Crippen LogP contribution in [0, 0.1) is 6.92 Å². The lowest BCUT2D eigenvalue weighted by Gasteiger charge is -2.25. The second-order valence-electron chi connectivity index (χ2n) is 8.04. The smallest absolute Gasteiger partial charge is 0.281 e. The molecule has 0 saturated heterocycles. The summed E-state index contributed by atoms with van der Waals surface area (Å²) in [5.74, 6) is -0.545. The summed E-state index contributed by atoms with van der Waals surface area (Å²) < 4.78 is 1.60. The Bertz CT molecular complexity index is 1350. The Morgan fingerprint density at radius 3 is 2.58 bits per heavy atom. The number of carbonyl (C=O) groups is 1. The molecule has 2 aromatic carbocycles. The molecule has 1 N–H and O–H groups in total. The number of rotatable bonds is 5. The molecule has 0 fully saturated rings. The summed E-state index contributed by atoms with van der Waals surface area (Å²) in [5, 5.41) is 7.63. The third kappa shape index (κ3) is 4.62. The summed E-state index contributed by atoms with van der Waals surface area (Å²) in [6.07, 6.45) is 0.831. The molecule has 0 bridgehead atoms. The normalized spacial score (nSPS) is 13.5. The van der Waals surface area contributed by atoms with Crippen LogP contribution in [0.1, 0.15) is 32.3 Å². The summed E-state index contributed by atoms with van der Waals surface area (Å²) >= 11 is 1.46. The van der Waals surface area contributed by atoms with Crippen molar-refractivity contribution in [3.05, 3.63) is 104 Å². The van der Waals surface area contributed by atoms with Gasteiger partial charge < -0.3 is 0 Å². The number of anilines is 1. The van der Waals surface area contributed by atoms with Gasteiger partial charge in [-0.05, 0) is 24.6 Å². The zero-order valence-electron chi connectivity index (χ0n) is 18.2. The number of aryl methyl sites for hydroxylation is 1. The summed E-state index contributed by atoms with van der Waals surface area (Å²) in [7, 11) is 0. The maximum absolute atomic E-state index is 12.9. The van der Waals surface area contributed by atoms with Crippen molar-refractivity contribution < 1.29 is 4.79 Å². The summed E-state index contributed by atoms with van der Waals surface area (Å²) in [4.78, 5) is 33.6. The van der Waals surface area contributed by atoms with E-state index in [4.69, 9.17) is 0 Å². The van der Waals surface area contributed by atoms with Crippen LogP contribution in [0.15, 0.2) is 71.5 Å². The first-order valence-electron chi connectivity index (χ1n) is 10.8. The molecule has 33 heavy (non-hydrogen) atoms. The SMILES string of the molecule is Cc1cc(=O)c(C(=O)Nc2nc3c(s2)CN(Cc2ccccc2)CC3)nn1-c1ccccc1. The third-order valence-corrected chi connectivity index (χ3v) is 6.60. The fraction of sp³-hybridized carbons (Fsp3) is 0.200. The fourth-order valence-electron chi connectivity index (χ4n) is 3.97. The van der Waals surface area contributed by atoms with E-state index < -0.39 is 11.3 Å². The zero-order chi connectivity index (χ0) is 22.8. The zero-order valence-corrected chi connectivity index (χ0v) is 19.0. The van der Waals surface area contributed by atoms with Gasteiger partial charge in [0.15, 0.2) is 10.8 Å². The lowest BCUT2D eigenvalue weighted by Crippen LogP contribution is -2.29. The molecule has 5 rings (SSSR count). The molecule has 0 unspecified atom stereocenters. The molecule has 8 heteroatoms. The van der Waals surface area contributed by atoms with Gasteiger partial charge >= 0.3 is 0 Å². The predicted octanol–water partition coefficient (Wildman–Crippen LogP) is 3.81. The van der Waals surface area contributed by atoms with Crippen LogP contribution in [0.5, 0.6) is 0 Å². The van der Waals surface area contributed by atoms with Crippen LogP contribution in [-0.4, -0.2) is 32.1 Å². The van der Waals surface area contributed by atoms with Gasteiger partial charge in [-0.2, -0.15) is 5.10 Å². The highest BCUT2D eigenvalue weighted by Crippen LogP contribution is 2.29. The highest BCUT2D eigenvalue weighted by atomic mass is 32.1. The first kappa shape index (κ1) is 21.2. The number of carbonyl (C=O) groups excluding carboxylic acids is 1. The number of fused-ring (bicyclic) bond motifs is 1. The number of hydrogen-bond donors (Lipinski definition) is 1. The van der Waals surface area contributed by atoms with E-state index in [1.165, 1.54) is 23.0 Å². The Morgan fingerprint density at radius 1 is 1.09 bits per heavy atom. The molecule has 3 heterocycles. The maximum atomic E-state index is 12.9. The molecule has 1 aliphatic heterocycles. The summed E-state index contributed by atoms with van der Waals surface area (Å²) in [6, 6.07) is 21.2. The molecule has 166 valence electrons. The second-order valence-corrected chi connectivity index (χ2v) is 9.12. The van der Waals surface area contributed by atoms with Crippen molar-refractivity contribution >= 4 is 22.4 Å². The van der Waals surface area contributed by atoms with Crippen LogP contribution in [0.25, 0.3) is 5.69 Å². The average Bonchev–Trinajstić information content (AvgIpc) is 3.22. The Labute approximate surface area is 195 Å². The predicted molar refractivity (Wildman–Crippen MR) is 129 cm³/mol. The Kier molecular flexibility index (Phi) is 5.85. The molecule has 7 nitrogen and oxygen atoms in total. The van der Waals surface area contributed by atoms with E-state index in [1.807, 2.05) is 36.4 Å². The molecule has 0 atom stereocenters.